The zero-order chi connectivity index (χ0) is 38.1. The number of unbranched alkanes of at least 4 members (excludes halogenated alkanes) is 14. The van der Waals surface area contributed by atoms with Gasteiger partial charge in [0, 0.05) is 34.6 Å². The molecule has 0 saturated carbocycles. The molecule has 4 nitrogen and oxygen atoms in total. The van der Waals surface area contributed by atoms with E-state index >= 15 is 0 Å². The monoisotopic (exact) mass is 860 g/mol. The molecule has 0 heterocycles. The fourth-order valence-electron chi connectivity index (χ4n) is 7.82. The van der Waals surface area contributed by atoms with Gasteiger partial charge >= 0.3 is 0 Å². The minimum Gasteiger partial charge on any atom is -0.507 e. The SMILES string of the molecule is CCCCCCCCCCOc1c2cccc1Cc1cc(Br)cc(c1O)Cc1cccc(c1OCCCCCCCCCC)Cc1cc(Br)cc(c1O)C2. The number of ether oxygens (including phenoxy) is 2. The highest BCUT2D eigenvalue weighted by molar-refractivity contribution is 9.10. The molecule has 54 heavy (non-hydrogen) atoms. The predicted octanol–water partition coefficient (Wildman–Crippen LogP) is 14.3. The average molecular weight is 863 g/mol. The van der Waals surface area contributed by atoms with Gasteiger partial charge in [-0.15, -0.1) is 0 Å². The molecule has 292 valence electrons. The van der Waals surface area contributed by atoms with Crippen molar-refractivity contribution in [1.29, 1.82) is 0 Å². The van der Waals surface area contributed by atoms with E-state index in [2.05, 4.69) is 82.1 Å². The largest absolute Gasteiger partial charge is 0.507 e. The van der Waals surface area contributed by atoms with Gasteiger partial charge < -0.3 is 19.7 Å². The maximum absolute atomic E-state index is 11.9. The second-order valence-corrected chi connectivity index (χ2v) is 17.1. The Morgan fingerprint density at radius 1 is 0.426 bits per heavy atom. The zero-order valence-corrected chi connectivity index (χ0v) is 36.0. The van der Waals surface area contributed by atoms with Gasteiger partial charge in [0.1, 0.15) is 23.0 Å². The van der Waals surface area contributed by atoms with Crippen LogP contribution in [0.2, 0.25) is 0 Å². The zero-order valence-electron chi connectivity index (χ0n) is 32.8. The first-order chi connectivity index (χ1) is 26.4. The van der Waals surface area contributed by atoms with Crippen LogP contribution in [0, 0.1) is 0 Å². The molecular weight excluding hydrogens is 800 g/mol. The van der Waals surface area contributed by atoms with Crippen LogP contribution in [0.15, 0.2) is 69.6 Å². The molecule has 8 bridgehead atoms. The molecule has 6 heteroatoms. The second-order valence-electron chi connectivity index (χ2n) is 15.3. The van der Waals surface area contributed by atoms with Gasteiger partial charge in [-0.25, -0.2) is 0 Å². The standard InChI is InChI=1S/C48H62Br2O4/c1-3-5-7-9-11-13-15-17-25-53-47-35-21-19-22-36(47)28-40-32-44(50)34-42(46(40)52)30-38-24-20-23-37(29-41-33-43(49)31-39(27-35)45(41)51)48(38)54-26-18-16-14-12-10-8-6-4-2/h19-24,31-34,51-52H,3-18,25-30H2,1-2H3. The van der Waals surface area contributed by atoms with Crippen molar-refractivity contribution < 1.29 is 19.7 Å². The van der Waals surface area contributed by atoms with Crippen LogP contribution in [0.3, 0.4) is 0 Å². The smallest absolute Gasteiger partial charge is 0.126 e. The van der Waals surface area contributed by atoms with Crippen LogP contribution < -0.4 is 9.47 Å². The first-order valence-electron chi connectivity index (χ1n) is 20.9. The van der Waals surface area contributed by atoms with Gasteiger partial charge in [0.15, 0.2) is 0 Å². The van der Waals surface area contributed by atoms with Gasteiger partial charge in [-0.05, 0) is 81.6 Å². The third-order valence-electron chi connectivity index (χ3n) is 10.8. The number of fused-ring (bicyclic) bond motifs is 8. The summed E-state index contributed by atoms with van der Waals surface area (Å²) in [7, 11) is 0. The van der Waals surface area contributed by atoms with Gasteiger partial charge in [0.25, 0.3) is 0 Å². The van der Waals surface area contributed by atoms with Crippen molar-refractivity contribution in [3.63, 3.8) is 0 Å². The van der Waals surface area contributed by atoms with Crippen LogP contribution in [-0.2, 0) is 25.7 Å². The molecule has 2 N–H and O–H groups in total. The summed E-state index contributed by atoms with van der Waals surface area (Å²) >= 11 is 7.56. The van der Waals surface area contributed by atoms with Crippen LogP contribution in [-0.4, -0.2) is 23.4 Å². The lowest BCUT2D eigenvalue weighted by Crippen LogP contribution is -2.07. The highest BCUT2D eigenvalue weighted by atomic mass is 79.9. The van der Waals surface area contributed by atoms with Crippen LogP contribution in [0.5, 0.6) is 23.0 Å². The van der Waals surface area contributed by atoms with E-state index in [1.54, 1.807) is 0 Å². The lowest BCUT2D eigenvalue weighted by atomic mass is 9.91. The van der Waals surface area contributed by atoms with E-state index in [4.69, 9.17) is 9.47 Å². The van der Waals surface area contributed by atoms with Crippen molar-refractivity contribution >= 4 is 31.9 Å². The van der Waals surface area contributed by atoms with E-state index in [0.29, 0.717) is 50.4 Å². The Balaban J connectivity index is 1.44. The van der Waals surface area contributed by atoms with Gasteiger partial charge in [-0.1, -0.05) is 172 Å². The number of aromatic hydroxyl groups is 2. The summed E-state index contributed by atoms with van der Waals surface area (Å²) in [6.45, 7) is 5.80. The Bertz CT molecular complexity index is 1550. The van der Waals surface area contributed by atoms with E-state index in [-0.39, 0.29) is 0 Å². The molecule has 0 atom stereocenters. The molecule has 0 spiro atoms. The molecule has 1 aliphatic carbocycles. The van der Waals surface area contributed by atoms with Crippen molar-refractivity contribution in [2.45, 2.75) is 142 Å². The highest BCUT2D eigenvalue weighted by Crippen LogP contribution is 2.40. The van der Waals surface area contributed by atoms with Crippen LogP contribution in [0.25, 0.3) is 0 Å². The number of phenolic OH excluding ortho intramolecular Hbond substituents is 2. The molecule has 5 rings (SSSR count). The van der Waals surface area contributed by atoms with Crippen molar-refractivity contribution in [1.82, 2.24) is 0 Å². The predicted molar refractivity (Wildman–Crippen MR) is 232 cm³/mol. The molecule has 4 aromatic carbocycles. The molecule has 0 unspecified atom stereocenters. The number of hydrogen-bond acceptors (Lipinski definition) is 4. The van der Waals surface area contributed by atoms with Gasteiger partial charge in [0.2, 0.25) is 0 Å². The van der Waals surface area contributed by atoms with Crippen molar-refractivity contribution in [2.75, 3.05) is 13.2 Å². The Hall–Kier alpha value is -2.96. The van der Waals surface area contributed by atoms with E-state index in [1.165, 1.54) is 77.0 Å². The molecule has 0 fully saturated rings. The van der Waals surface area contributed by atoms with Crippen molar-refractivity contribution in [3.8, 4) is 23.0 Å². The van der Waals surface area contributed by atoms with Crippen molar-refractivity contribution in [3.05, 3.63) is 114 Å². The summed E-state index contributed by atoms with van der Waals surface area (Å²) in [5.74, 6) is 2.35. The minimum absolute atomic E-state index is 0.316. The normalized spacial score (nSPS) is 12.5. The number of rotatable bonds is 20. The second kappa shape index (κ2) is 22.6. The number of halogens is 2. The van der Waals surface area contributed by atoms with Crippen molar-refractivity contribution in [2.24, 2.45) is 0 Å². The quantitative estimate of drug-likeness (QED) is 0.0766. The highest BCUT2D eigenvalue weighted by Gasteiger charge is 2.21. The third-order valence-corrected chi connectivity index (χ3v) is 11.7. The first kappa shape index (κ1) is 42.2. The Labute approximate surface area is 342 Å². The third kappa shape index (κ3) is 12.5. The number of hydrogen-bond donors (Lipinski definition) is 2. The summed E-state index contributed by atoms with van der Waals surface area (Å²) in [5.41, 5.74) is 7.54. The van der Waals surface area contributed by atoms with E-state index in [9.17, 15) is 10.2 Å². The summed E-state index contributed by atoms with van der Waals surface area (Å²) in [6.07, 6.45) is 21.9. The molecule has 0 aromatic heterocycles. The Morgan fingerprint density at radius 2 is 0.704 bits per heavy atom. The number of phenols is 2. The van der Waals surface area contributed by atoms with Gasteiger partial charge in [-0.3, -0.25) is 0 Å². The molecule has 1 aliphatic rings. The van der Waals surface area contributed by atoms with Gasteiger partial charge in [0.05, 0.1) is 13.2 Å². The average Bonchev–Trinajstić information content (AvgIpc) is 3.15. The summed E-state index contributed by atoms with van der Waals surface area (Å²) in [4.78, 5) is 0. The van der Waals surface area contributed by atoms with E-state index in [0.717, 1.165) is 90.6 Å². The van der Waals surface area contributed by atoms with Crippen LogP contribution in [0.4, 0.5) is 0 Å². The summed E-state index contributed by atoms with van der Waals surface area (Å²) in [5, 5.41) is 23.7. The fraction of sp³-hybridized carbons (Fsp3) is 0.500. The lowest BCUT2D eigenvalue weighted by Gasteiger charge is -2.21. The maximum atomic E-state index is 11.9. The summed E-state index contributed by atoms with van der Waals surface area (Å²) < 4.78 is 15.2. The van der Waals surface area contributed by atoms with E-state index < -0.39 is 0 Å². The summed E-state index contributed by atoms with van der Waals surface area (Å²) in [6, 6.07) is 20.7. The van der Waals surface area contributed by atoms with Gasteiger partial charge in [-0.2, -0.15) is 0 Å². The molecule has 4 aromatic rings. The minimum atomic E-state index is 0.316. The van der Waals surface area contributed by atoms with Crippen LogP contribution >= 0.6 is 31.9 Å². The molecule has 0 radical (unpaired) electrons. The molecule has 0 amide bonds. The molecular formula is C48H62Br2O4. The molecule has 0 saturated heterocycles. The number of para-hydroxylation sites is 2. The van der Waals surface area contributed by atoms with E-state index in [1.807, 2.05) is 24.3 Å². The lowest BCUT2D eigenvalue weighted by molar-refractivity contribution is 0.299. The fourth-order valence-corrected chi connectivity index (χ4v) is 8.92. The topological polar surface area (TPSA) is 58.9 Å². The number of benzene rings is 4. The Morgan fingerprint density at radius 3 is 1.00 bits per heavy atom. The first-order valence-corrected chi connectivity index (χ1v) is 22.4. The Kier molecular flexibility index (Phi) is 17.6. The maximum Gasteiger partial charge on any atom is 0.126 e. The molecule has 0 aliphatic heterocycles. The van der Waals surface area contributed by atoms with Crippen LogP contribution in [0.1, 0.15) is 161 Å².